The molecule has 0 aliphatic heterocycles. The van der Waals surface area contributed by atoms with E-state index in [9.17, 15) is 37.5 Å². The van der Waals surface area contributed by atoms with Crippen molar-refractivity contribution in [2.45, 2.75) is 0 Å². The van der Waals surface area contributed by atoms with Crippen molar-refractivity contribution in [2.24, 2.45) is 0 Å². The highest BCUT2D eigenvalue weighted by Gasteiger charge is 2.09. The first-order valence-corrected chi connectivity index (χ1v) is 22.2. The second-order valence-electron chi connectivity index (χ2n) is 11.7. The Kier molecular flexibility index (Phi) is 22.7. The Morgan fingerprint density at radius 1 is 0.698 bits per heavy atom. The molecule has 3 aromatic heterocycles. The minimum Gasteiger partial charge on any atom is -0.508 e. The molecule has 0 saturated heterocycles. The molecule has 334 valence electrons. The van der Waals surface area contributed by atoms with Crippen molar-refractivity contribution in [1.82, 2.24) is 29.9 Å². The van der Waals surface area contributed by atoms with Crippen LogP contribution in [0.25, 0.3) is 0 Å². The van der Waals surface area contributed by atoms with Crippen LogP contribution in [-0.2, 0) is 4.57 Å². The van der Waals surface area contributed by atoms with Crippen molar-refractivity contribution in [3.63, 3.8) is 0 Å². The second-order valence-corrected chi connectivity index (χ2v) is 19.0. The number of para-hydroxylation sites is 1. The van der Waals surface area contributed by atoms with Crippen LogP contribution < -0.4 is 32.5 Å². The van der Waals surface area contributed by atoms with Gasteiger partial charge in [-0.05, 0) is 93.9 Å². The van der Waals surface area contributed by atoms with Gasteiger partial charge in [0, 0.05) is 61.2 Å². The molecule has 0 saturated carbocycles. The van der Waals surface area contributed by atoms with Gasteiger partial charge >= 0.3 is 10.9 Å². The van der Waals surface area contributed by atoms with E-state index >= 15 is 0 Å². The number of nitrogens with one attached hydrogen (secondary N) is 4. The number of nitrogen functional groups attached to an aromatic ring is 1. The SMILES string of the molecule is CN(C)c1ccccc1.Fc1cnc(Cl)nc1Cl.Nc1cccc(O)c1.O=P(Cl)(Cl)Cl.O=c1[nH]cc(F)c(=O)[nH]1.Oc1cccc(Nc2ncc(F)c(Nc3cccc(O)c3)n2)c1. The fraction of sp³-hybridized carbons (Fsp3) is 0.0526. The maximum Gasteiger partial charge on any atom is 0.339 e. The smallest absolute Gasteiger partial charge is 0.339 e. The lowest BCUT2D eigenvalue weighted by Gasteiger charge is -2.10. The zero-order valence-electron chi connectivity index (χ0n) is 32.4. The van der Waals surface area contributed by atoms with Crippen molar-refractivity contribution < 1.29 is 33.1 Å². The summed E-state index contributed by atoms with van der Waals surface area (Å²) >= 11 is 24.3. The maximum absolute atomic E-state index is 13.8. The van der Waals surface area contributed by atoms with Gasteiger partial charge in [0.05, 0.1) is 12.4 Å². The predicted octanol–water partition coefficient (Wildman–Crippen LogP) is 10.2. The lowest BCUT2D eigenvalue weighted by atomic mass is 10.3. The molecular formula is C38H35Cl5F3N10O6P. The first kappa shape index (κ1) is 52.9. The number of H-pyrrole nitrogens is 2. The number of phenols is 3. The molecule has 0 bridgehead atoms. The van der Waals surface area contributed by atoms with Gasteiger partial charge in [0.25, 0.3) is 5.56 Å². The van der Waals surface area contributed by atoms with Crippen LogP contribution in [0.1, 0.15) is 0 Å². The summed E-state index contributed by atoms with van der Waals surface area (Å²) in [5.41, 5.74) is 6.49. The molecular weight excluding hydrogens is 958 g/mol. The molecule has 9 N–H and O–H groups in total. The molecule has 25 heteroatoms. The van der Waals surface area contributed by atoms with Crippen molar-refractivity contribution in [2.75, 3.05) is 35.4 Å². The molecule has 63 heavy (non-hydrogen) atoms. The van der Waals surface area contributed by atoms with Gasteiger partial charge in [-0.25, -0.2) is 28.5 Å². The van der Waals surface area contributed by atoms with Gasteiger partial charge in [0.2, 0.25) is 17.0 Å². The average molecular weight is 993 g/mol. The van der Waals surface area contributed by atoms with E-state index in [1.54, 1.807) is 47.4 Å². The van der Waals surface area contributed by atoms with Crippen LogP contribution in [0.5, 0.6) is 17.2 Å². The Bertz CT molecular complexity index is 2650. The summed E-state index contributed by atoms with van der Waals surface area (Å²) < 4.78 is 47.5. The van der Waals surface area contributed by atoms with Gasteiger partial charge < -0.3 is 41.6 Å². The number of aromatic amines is 2. The zero-order chi connectivity index (χ0) is 47.1. The number of nitrogens with zero attached hydrogens (tertiary/aromatic N) is 5. The summed E-state index contributed by atoms with van der Waals surface area (Å²) in [6.07, 6.45) is 2.65. The summed E-state index contributed by atoms with van der Waals surface area (Å²) in [6, 6.07) is 29.4. The number of aromatic hydroxyl groups is 3. The Hall–Kier alpha value is -6.21. The maximum atomic E-state index is 13.8. The number of nitrogens with two attached hydrogens (primary N) is 1. The summed E-state index contributed by atoms with van der Waals surface area (Å²) in [4.78, 5) is 40.6. The van der Waals surface area contributed by atoms with Crippen LogP contribution in [0.15, 0.2) is 131 Å². The molecule has 0 spiro atoms. The van der Waals surface area contributed by atoms with Gasteiger partial charge in [-0.1, -0.05) is 48.0 Å². The number of phenolic OH excluding ortho intramolecular Hbond substituents is 3. The molecule has 3 heterocycles. The average Bonchev–Trinajstić information content (AvgIpc) is 3.20. The Balaban J connectivity index is 0.000000286. The number of hydrogen-bond acceptors (Lipinski definition) is 14. The largest absolute Gasteiger partial charge is 0.508 e. The monoisotopic (exact) mass is 990 g/mol. The van der Waals surface area contributed by atoms with Crippen LogP contribution >= 0.6 is 62.1 Å². The molecule has 0 aliphatic carbocycles. The number of anilines is 6. The van der Waals surface area contributed by atoms with Gasteiger partial charge in [-0.15, -0.1) is 0 Å². The molecule has 0 unspecified atom stereocenters. The van der Waals surface area contributed by atoms with E-state index in [2.05, 4.69) is 81.3 Å². The second kappa shape index (κ2) is 27.0. The molecule has 0 radical (unpaired) electrons. The fourth-order valence-corrected chi connectivity index (χ4v) is 4.22. The molecule has 0 fully saturated rings. The zero-order valence-corrected chi connectivity index (χ0v) is 37.1. The van der Waals surface area contributed by atoms with Crippen LogP contribution in [0.2, 0.25) is 10.4 Å². The summed E-state index contributed by atoms with van der Waals surface area (Å²) in [7, 11) is 4.07. The normalized spacial score (nSPS) is 9.87. The predicted molar refractivity (Wildman–Crippen MR) is 243 cm³/mol. The highest BCUT2D eigenvalue weighted by atomic mass is 36.0. The Morgan fingerprint density at radius 2 is 1.22 bits per heavy atom. The van der Waals surface area contributed by atoms with Crippen molar-refractivity contribution in [1.29, 1.82) is 0 Å². The first-order valence-electron chi connectivity index (χ1n) is 17.0. The Labute approximate surface area is 380 Å². The van der Waals surface area contributed by atoms with Gasteiger partial charge in [0.15, 0.2) is 22.6 Å². The highest BCUT2D eigenvalue weighted by molar-refractivity contribution is 8.24. The van der Waals surface area contributed by atoms with Gasteiger partial charge in [0.1, 0.15) is 17.2 Å². The molecule has 7 aromatic rings. The van der Waals surface area contributed by atoms with E-state index in [0.29, 0.717) is 23.3 Å². The number of aromatic nitrogens is 6. The molecule has 0 atom stereocenters. The van der Waals surface area contributed by atoms with E-state index in [1.165, 1.54) is 36.0 Å². The molecule has 7 rings (SSSR count). The van der Waals surface area contributed by atoms with E-state index in [-0.39, 0.29) is 39.5 Å². The summed E-state index contributed by atoms with van der Waals surface area (Å²) in [6.45, 7) is 0. The van der Waals surface area contributed by atoms with E-state index in [0.717, 1.165) is 12.4 Å². The lowest BCUT2D eigenvalue weighted by molar-refractivity contribution is 0.475. The number of halogens is 8. The minimum atomic E-state index is -3.22. The molecule has 0 aliphatic rings. The third-order valence-corrected chi connectivity index (χ3v) is 6.99. The third-order valence-electron chi connectivity index (χ3n) is 6.54. The number of hydrogen-bond donors (Lipinski definition) is 8. The first-order chi connectivity index (χ1) is 29.6. The summed E-state index contributed by atoms with van der Waals surface area (Å²) in [5.74, 6) is -1.79. The van der Waals surface area contributed by atoms with E-state index in [1.807, 2.05) is 37.3 Å². The van der Waals surface area contributed by atoms with Crippen molar-refractivity contribution in [3.8, 4) is 17.2 Å². The van der Waals surface area contributed by atoms with Crippen LogP contribution in [-0.4, -0.2) is 59.3 Å². The number of rotatable bonds is 5. The molecule has 0 amide bonds. The van der Waals surface area contributed by atoms with Gasteiger partial charge in [-0.2, -0.15) is 9.37 Å². The lowest BCUT2D eigenvalue weighted by Crippen LogP contribution is -2.23. The summed E-state index contributed by atoms with van der Waals surface area (Å²) in [5, 5.41) is 29.7. The van der Waals surface area contributed by atoms with Crippen LogP contribution in [0, 0.1) is 17.5 Å². The standard InChI is InChI=1S/C16H13FN4O2.C8H11N.C6H7NO.C4HCl2FN2.C4H3FN2O2.Cl3OP/c17-14-9-18-16(20-11-4-2-6-13(23)8-11)21-15(14)19-10-3-1-5-12(22)7-10;1-9(2)8-6-4-3-5-7-8;7-5-2-1-3-6(8)4-5;5-3-2(7)1-8-4(6)9-3;5-2-1-6-4(9)7-3(2)8;1-5(2,3)4/h1-9,22-23H,(H2,18,19,20,21);3-7H,1-2H3;1-4,8H,7H2;1H;1H,(H2,6,7,8,9);. The van der Waals surface area contributed by atoms with Crippen molar-refractivity contribution >= 4 is 96.6 Å². The molecule has 16 nitrogen and oxygen atoms in total. The van der Waals surface area contributed by atoms with Crippen LogP contribution in [0.4, 0.5) is 47.7 Å². The van der Waals surface area contributed by atoms with E-state index < -0.39 is 33.9 Å². The van der Waals surface area contributed by atoms with Crippen LogP contribution in [0.3, 0.4) is 0 Å². The quantitative estimate of drug-likeness (QED) is 0.0346. The topological polar surface area (TPSA) is 248 Å². The van der Waals surface area contributed by atoms with Crippen molar-refractivity contribution in [3.05, 3.63) is 170 Å². The van der Waals surface area contributed by atoms with E-state index in [4.69, 9.17) is 34.0 Å². The van der Waals surface area contributed by atoms with Gasteiger partial charge in [-0.3, -0.25) is 14.3 Å². The highest BCUT2D eigenvalue weighted by Crippen LogP contribution is 2.61. The Morgan fingerprint density at radius 3 is 1.65 bits per heavy atom. The molecule has 4 aromatic carbocycles. The number of benzene rings is 4. The fourth-order valence-electron chi connectivity index (χ4n) is 3.92. The third kappa shape index (κ3) is 23.6. The minimum absolute atomic E-state index is 0.0340.